The van der Waals surface area contributed by atoms with Crippen LogP contribution < -0.4 is 15.4 Å². The van der Waals surface area contributed by atoms with Gasteiger partial charge in [-0.05, 0) is 18.9 Å². The fraction of sp³-hybridized carbons (Fsp3) is 0.556. The fourth-order valence-corrected chi connectivity index (χ4v) is 1.89. The third kappa shape index (κ3) is 9.52. The minimum absolute atomic E-state index is 0. The summed E-state index contributed by atoms with van der Waals surface area (Å²) in [5, 5.41) is 6.35. The topological polar surface area (TPSA) is 66.0 Å². The van der Waals surface area contributed by atoms with E-state index in [9.17, 15) is 4.79 Å². The Kier molecular flexibility index (Phi) is 12.0. The average Bonchev–Trinajstić information content (AvgIpc) is 2.55. The van der Waals surface area contributed by atoms with Crippen LogP contribution in [0.5, 0.6) is 5.75 Å². The second-order valence-corrected chi connectivity index (χ2v) is 6.12. The summed E-state index contributed by atoms with van der Waals surface area (Å²) in [5.74, 6) is 1.96. The van der Waals surface area contributed by atoms with Gasteiger partial charge in [0.05, 0.1) is 19.7 Å². The first kappa shape index (κ1) is 23.5. The predicted molar refractivity (Wildman–Crippen MR) is 114 cm³/mol. The van der Waals surface area contributed by atoms with Crippen molar-refractivity contribution < 1.29 is 9.53 Å². The lowest BCUT2D eigenvalue weighted by atomic mass is 10.2. The van der Waals surface area contributed by atoms with E-state index >= 15 is 0 Å². The number of amides is 1. The quantitative estimate of drug-likeness (QED) is 0.354. The smallest absolute Gasteiger partial charge is 0.241 e. The van der Waals surface area contributed by atoms with E-state index in [1.54, 1.807) is 19.0 Å². The van der Waals surface area contributed by atoms with E-state index < -0.39 is 0 Å². The van der Waals surface area contributed by atoms with Crippen LogP contribution in [0, 0.1) is 5.92 Å². The van der Waals surface area contributed by atoms with Crippen LogP contribution in [0.1, 0.15) is 26.3 Å². The summed E-state index contributed by atoms with van der Waals surface area (Å²) in [4.78, 5) is 17.9. The maximum Gasteiger partial charge on any atom is 0.241 e. The molecule has 1 aromatic rings. The third-order valence-corrected chi connectivity index (χ3v) is 3.26. The number of hydrogen-bond acceptors (Lipinski definition) is 3. The highest BCUT2D eigenvalue weighted by atomic mass is 127. The molecule has 2 N–H and O–H groups in total. The number of para-hydroxylation sites is 1. The molecule has 0 aromatic heterocycles. The Labute approximate surface area is 168 Å². The summed E-state index contributed by atoms with van der Waals surface area (Å²) in [7, 11) is 3.47. The summed E-state index contributed by atoms with van der Waals surface area (Å²) in [6, 6.07) is 7.86. The Morgan fingerprint density at radius 3 is 2.52 bits per heavy atom. The lowest BCUT2D eigenvalue weighted by Gasteiger charge is -2.16. The Bertz CT molecular complexity index is 548. The van der Waals surface area contributed by atoms with Crippen LogP contribution >= 0.6 is 24.0 Å². The maximum absolute atomic E-state index is 11.8. The molecule has 142 valence electrons. The predicted octanol–water partition coefficient (Wildman–Crippen LogP) is 2.48. The van der Waals surface area contributed by atoms with Gasteiger partial charge < -0.3 is 20.3 Å². The number of halogens is 1. The number of ether oxygens (including phenoxy) is 1. The van der Waals surface area contributed by atoms with Crippen LogP contribution in [0.4, 0.5) is 0 Å². The van der Waals surface area contributed by atoms with Gasteiger partial charge in [-0.25, -0.2) is 4.99 Å². The van der Waals surface area contributed by atoms with E-state index in [0.29, 0.717) is 25.0 Å². The fourth-order valence-electron chi connectivity index (χ4n) is 1.89. The normalized spacial score (nSPS) is 10.9. The van der Waals surface area contributed by atoms with Gasteiger partial charge in [0, 0.05) is 26.2 Å². The Morgan fingerprint density at radius 2 is 1.92 bits per heavy atom. The van der Waals surface area contributed by atoms with E-state index in [1.807, 2.05) is 31.2 Å². The maximum atomic E-state index is 11.8. The number of likely N-dealkylation sites (N-methyl/N-ethyl adjacent to an activating group) is 1. The Hall–Kier alpha value is -1.51. The van der Waals surface area contributed by atoms with Gasteiger partial charge in [0.2, 0.25) is 5.91 Å². The molecule has 0 atom stereocenters. The number of nitrogens with one attached hydrogen (secondary N) is 2. The molecular formula is C18H31IN4O2. The lowest BCUT2D eigenvalue weighted by molar-refractivity contribution is -0.127. The van der Waals surface area contributed by atoms with Crippen molar-refractivity contribution in [3.05, 3.63) is 29.8 Å². The first-order chi connectivity index (χ1) is 11.4. The summed E-state index contributed by atoms with van der Waals surface area (Å²) < 4.78 is 5.63. The molecule has 25 heavy (non-hydrogen) atoms. The van der Waals surface area contributed by atoms with Crippen LogP contribution in [0.2, 0.25) is 0 Å². The van der Waals surface area contributed by atoms with Crippen molar-refractivity contribution >= 4 is 35.8 Å². The number of nitrogens with zero attached hydrogens (tertiary/aromatic N) is 2. The highest BCUT2D eigenvalue weighted by Crippen LogP contribution is 2.18. The number of benzene rings is 1. The van der Waals surface area contributed by atoms with Crippen molar-refractivity contribution in [3.8, 4) is 5.75 Å². The minimum Gasteiger partial charge on any atom is -0.494 e. The van der Waals surface area contributed by atoms with E-state index in [-0.39, 0.29) is 36.4 Å². The van der Waals surface area contributed by atoms with Crippen LogP contribution in [-0.4, -0.2) is 50.6 Å². The summed E-state index contributed by atoms with van der Waals surface area (Å²) in [6.07, 6.45) is 0. The van der Waals surface area contributed by atoms with Crippen molar-refractivity contribution in [1.82, 2.24) is 15.5 Å². The molecule has 0 saturated heterocycles. The largest absolute Gasteiger partial charge is 0.494 e. The van der Waals surface area contributed by atoms with E-state index in [0.717, 1.165) is 17.9 Å². The van der Waals surface area contributed by atoms with Gasteiger partial charge in [0.25, 0.3) is 0 Å². The SMILES string of the molecule is CCOc1ccccc1CN=C(NCC(=O)N(C)C)NCC(C)C.I. The van der Waals surface area contributed by atoms with Gasteiger partial charge in [0.15, 0.2) is 5.96 Å². The molecule has 0 radical (unpaired) electrons. The molecule has 0 aliphatic rings. The zero-order chi connectivity index (χ0) is 17.9. The molecule has 0 spiro atoms. The molecule has 1 amide bonds. The van der Waals surface area contributed by atoms with Crippen LogP contribution in [0.15, 0.2) is 29.3 Å². The first-order valence-corrected chi connectivity index (χ1v) is 8.37. The molecule has 1 aromatic carbocycles. The van der Waals surface area contributed by atoms with Gasteiger partial charge >= 0.3 is 0 Å². The molecule has 0 aliphatic carbocycles. The van der Waals surface area contributed by atoms with Crippen molar-refractivity contribution in [2.45, 2.75) is 27.3 Å². The van der Waals surface area contributed by atoms with E-state index in [4.69, 9.17) is 4.74 Å². The average molecular weight is 462 g/mol. The molecule has 1 rings (SSSR count). The molecule has 0 bridgehead atoms. The highest BCUT2D eigenvalue weighted by Gasteiger charge is 2.07. The van der Waals surface area contributed by atoms with Crippen molar-refractivity contribution in [2.24, 2.45) is 10.9 Å². The molecule has 0 aliphatic heterocycles. The van der Waals surface area contributed by atoms with Crippen molar-refractivity contribution in [1.29, 1.82) is 0 Å². The Morgan fingerprint density at radius 1 is 1.24 bits per heavy atom. The van der Waals surface area contributed by atoms with Gasteiger partial charge in [-0.3, -0.25) is 4.79 Å². The molecule has 0 saturated carbocycles. The zero-order valence-electron chi connectivity index (χ0n) is 15.8. The van der Waals surface area contributed by atoms with Crippen molar-refractivity contribution in [3.63, 3.8) is 0 Å². The van der Waals surface area contributed by atoms with E-state index in [2.05, 4.69) is 29.5 Å². The monoisotopic (exact) mass is 462 g/mol. The number of carbonyl (C=O) groups is 1. The molecule has 0 heterocycles. The van der Waals surface area contributed by atoms with Gasteiger partial charge in [-0.1, -0.05) is 32.0 Å². The van der Waals surface area contributed by atoms with Crippen LogP contribution in [0.25, 0.3) is 0 Å². The second-order valence-electron chi connectivity index (χ2n) is 6.12. The van der Waals surface area contributed by atoms with Crippen LogP contribution in [-0.2, 0) is 11.3 Å². The summed E-state index contributed by atoms with van der Waals surface area (Å²) in [5.41, 5.74) is 1.02. The molecule has 6 nitrogen and oxygen atoms in total. The molecular weight excluding hydrogens is 431 g/mol. The van der Waals surface area contributed by atoms with E-state index in [1.165, 1.54) is 0 Å². The third-order valence-electron chi connectivity index (χ3n) is 3.26. The van der Waals surface area contributed by atoms with Gasteiger partial charge in [0.1, 0.15) is 5.75 Å². The van der Waals surface area contributed by atoms with Gasteiger partial charge in [-0.2, -0.15) is 0 Å². The zero-order valence-corrected chi connectivity index (χ0v) is 18.2. The number of guanidine groups is 1. The lowest BCUT2D eigenvalue weighted by Crippen LogP contribution is -2.44. The molecule has 7 heteroatoms. The van der Waals surface area contributed by atoms with Crippen LogP contribution in [0.3, 0.4) is 0 Å². The number of hydrogen-bond donors (Lipinski definition) is 2. The molecule has 0 unspecified atom stereocenters. The summed E-state index contributed by atoms with van der Waals surface area (Å²) >= 11 is 0. The first-order valence-electron chi connectivity index (χ1n) is 8.37. The molecule has 0 fully saturated rings. The van der Waals surface area contributed by atoms with Crippen molar-refractivity contribution in [2.75, 3.05) is 33.8 Å². The number of aliphatic imine (C=N–C) groups is 1. The number of carbonyl (C=O) groups excluding carboxylic acids is 1. The number of rotatable bonds is 8. The minimum atomic E-state index is 0. The highest BCUT2D eigenvalue weighted by molar-refractivity contribution is 14.0. The summed E-state index contributed by atoms with van der Waals surface area (Å²) in [6.45, 7) is 8.32. The standard InChI is InChI=1S/C18H30N4O2.HI/c1-6-24-16-10-8-7-9-15(16)12-20-18(19-11-14(2)3)21-13-17(23)22(4)5;/h7-10,14H,6,11-13H2,1-5H3,(H2,19,20,21);1H. The second kappa shape index (κ2) is 12.8. The Balaban J connectivity index is 0.00000576. The van der Waals surface area contributed by atoms with Gasteiger partial charge in [-0.15, -0.1) is 24.0 Å².